The number of aromatic hydroxyl groups is 1. The van der Waals surface area contributed by atoms with Crippen molar-refractivity contribution in [2.45, 2.75) is 13.5 Å². The second kappa shape index (κ2) is 6.58. The zero-order valence-electron chi connectivity index (χ0n) is 12.5. The van der Waals surface area contributed by atoms with E-state index in [9.17, 15) is 9.90 Å². The van der Waals surface area contributed by atoms with Gasteiger partial charge in [-0.05, 0) is 42.8 Å². The summed E-state index contributed by atoms with van der Waals surface area (Å²) in [5.41, 5.74) is 1.66. The maximum absolute atomic E-state index is 12.2. The Kier molecular flexibility index (Phi) is 4.34. The van der Waals surface area contributed by atoms with Gasteiger partial charge in [0.25, 0.3) is 5.91 Å². The number of nitrogens with one attached hydrogen (secondary N) is 1. The van der Waals surface area contributed by atoms with Crippen LogP contribution in [0, 0.1) is 6.92 Å². The number of phenolic OH excluding ortho intramolecular Hbond substituents is 1. The largest absolute Gasteiger partial charge is 0.508 e. The quantitative estimate of drug-likeness (QED) is 0.773. The lowest BCUT2D eigenvalue weighted by atomic mass is 10.2. The molecule has 3 rings (SSSR count). The van der Waals surface area contributed by atoms with Gasteiger partial charge in [-0.25, -0.2) is 9.97 Å². The molecule has 2 heterocycles. The Morgan fingerprint density at radius 3 is 2.91 bits per heavy atom. The number of benzene rings is 1. The molecule has 0 saturated carbocycles. The van der Waals surface area contributed by atoms with Gasteiger partial charge < -0.3 is 10.4 Å². The standard InChI is InChI=1S/C17H15N3O2S/c1-11-18-8-7-14(20-11)15-5-6-16(23-15)17(22)19-10-12-3-2-4-13(21)9-12/h2-9,21H,10H2,1H3,(H,19,22). The Morgan fingerprint density at radius 2 is 2.13 bits per heavy atom. The van der Waals surface area contributed by atoms with Gasteiger partial charge in [0, 0.05) is 12.7 Å². The minimum Gasteiger partial charge on any atom is -0.508 e. The topological polar surface area (TPSA) is 75.1 Å². The van der Waals surface area contributed by atoms with Gasteiger partial charge in [0.1, 0.15) is 11.6 Å². The Hall–Kier alpha value is -2.73. The van der Waals surface area contributed by atoms with Crippen LogP contribution in [0.25, 0.3) is 10.6 Å². The SMILES string of the molecule is Cc1nccc(-c2ccc(C(=O)NCc3cccc(O)c3)s2)n1. The molecular weight excluding hydrogens is 310 g/mol. The number of aromatic nitrogens is 2. The average Bonchev–Trinajstić information content (AvgIpc) is 3.03. The fraction of sp³-hybridized carbons (Fsp3) is 0.118. The van der Waals surface area contributed by atoms with Crippen LogP contribution in [0.1, 0.15) is 21.1 Å². The van der Waals surface area contributed by atoms with Crippen molar-refractivity contribution in [3.63, 3.8) is 0 Å². The maximum Gasteiger partial charge on any atom is 0.261 e. The summed E-state index contributed by atoms with van der Waals surface area (Å²) >= 11 is 1.39. The lowest BCUT2D eigenvalue weighted by molar-refractivity contribution is 0.0955. The van der Waals surface area contributed by atoms with E-state index < -0.39 is 0 Å². The van der Waals surface area contributed by atoms with E-state index in [0.717, 1.165) is 16.1 Å². The predicted octanol–water partition coefficient (Wildman–Crippen LogP) is 3.15. The van der Waals surface area contributed by atoms with Crippen LogP contribution in [-0.2, 0) is 6.54 Å². The second-order valence-corrected chi connectivity index (χ2v) is 6.09. The van der Waals surface area contributed by atoms with Crippen molar-refractivity contribution >= 4 is 17.2 Å². The van der Waals surface area contributed by atoms with Crippen LogP contribution in [0.4, 0.5) is 0 Å². The molecule has 0 bridgehead atoms. The maximum atomic E-state index is 12.2. The molecule has 2 aromatic heterocycles. The number of aryl methyl sites for hydroxylation is 1. The molecule has 0 radical (unpaired) electrons. The van der Waals surface area contributed by atoms with E-state index >= 15 is 0 Å². The minimum atomic E-state index is -0.143. The molecule has 6 heteroatoms. The molecule has 5 nitrogen and oxygen atoms in total. The van der Waals surface area contributed by atoms with E-state index in [1.54, 1.807) is 30.5 Å². The van der Waals surface area contributed by atoms with Crippen molar-refractivity contribution in [1.82, 2.24) is 15.3 Å². The van der Waals surface area contributed by atoms with Crippen LogP contribution in [0.5, 0.6) is 5.75 Å². The van der Waals surface area contributed by atoms with Gasteiger partial charge in [0.15, 0.2) is 0 Å². The number of phenols is 1. The molecule has 0 saturated heterocycles. The summed E-state index contributed by atoms with van der Waals surface area (Å²) in [6.07, 6.45) is 1.71. The van der Waals surface area contributed by atoms with E-state index in [-0.39, 0.29) is 11.7 Å². The average molecular weight is 325 g/mol. The molecule has 0 aliphatic carbocycles. The molecule has 0 unspecified atom stereocenters. The molecular formula is C17H15N3O2S. The van der Waals surface area contributed by atoms with E-state index in [1.165, 1.54) is 11.3 Å². The molecule has 0 aliphatic rings. The summed E-state index contributed by atoms with van der Waals surface area (Å²) in [6.45, 7) is 2.20. The van der Waals surface area contributed by atoms with E-state index in [4.69, 9.17) is 0 Å². The fourth-order valence-corrected chi connectivity index (χ4v) is 3.02. The predicted molar refractivity (Wildman–Crippen MR) is 89.4 cm³/mol. The van der Waals surface area contributed by atoms with Gasteiger partial charge in [0.2, 0.25) is 0 Å². The van der Waals surface area contributed by atoms with Gasteiger partial charge >= 0.3 is 0 Å². The lowest BCUT2D eigenvalue weighted by Crippen LogP contribution is -2.21. The van der Waals surface area contributed by atoms with Gasteiger partial charge in [-0.2, -0.15) is 0 Å². The van der Waals surface area contributed by atoms with Gasteiger partial charge in [-0.1, -0.05) is 12.1 Å². The third-order valence-corrected chi connectivity index (χ3v) is 4.33. The Morgan fingerprint density at radius 1 is 1.26 bits per heavy atom. The van der Waals surface area contributed by atoms with Crippen molar-refractivity contribution < 1.29 is 9.90 Å². The minimum absolute atomic E-state index is 0.143. The van der Waals surface area contributed by atoms with Crippen molar-refractivity contribution in [2.24, 2.45) is 0 Å². The molecule has 0 aliphatic heterocycles. The highest BCUT2D eigenvalue weighted by molar-refractivity contribution is 7.17. The number of hydrogen-bond donors (Lipinski definition) is 2. The number of carbonyl (C=O) groups is 1. The molecule has 3 aromatic rings. The zero-order chi connectivity index (χ0) is 16.2. The molecule has 0 spiro atoms. The first-order chi connectivity index (χ1) is 11.1. The number of hydrogen-bond acceptors (Lipinski definition) is 5. The fourth-order valence-electron chi connectivity index (χ4n) is 2.13. The van der Waals surface area contributed by atoms with E-state index in [1.807, 2.05) is 25.1 Å². The van der Waals surface area contributed by atoms with Crippen molar-refractivity contribution in [1.29, 1.82) is 0 Å². The highest BCUT2D eigenvalue weighted by Gasteiger charge is 2.11. The van der Waals surface area contributed by atoms with Crippen LogP contribution in [0.15, 0.2) is 48.7 Å². The molecule has 2 N–H and O–H groups in total. The number of amides is 1. The molecule has 1 amide bonds. The molecule has 1 aromatic carbocycles. The number of nitrogens with zero attached hydrogens (tertiary/aromatic N) is 2. The van der Waals surface area contributed by atoms with Crippen LogP contribution >= 0.6 is 11.3 Å². The zero-order valence-corrected chi connectivity index (χ0v) is 13.3. The number of carbonyl (C=O) groups excluding carboxylic acids is 1. The Labute approximate surface area is 137 Å². The molecule has 23 heavy (non-hydrogen) atoms. The highest BCUT2D eigenvalue weighted by atomic mass is 32.1. The van der Waals surface area contributed by atoms with Gasteiger partial charge in [0.05, 0.1) is 15.4 Å². The van der Waals surface area contributed by atoms with Gasteiger partial charge in [-0.15, -0.1) is 11.3 Å². The summed E-state index contributed by atoms with van der Waals surface area (Å²) in [4.78, 5) is 22.2. The van der Waals surface area contributed by atoms with Crippen LogP contribution in [-0.4, -0.2) is 21.0 Å². The first kappa shape index (κ1) is 15.2. The summed E-state index contributed by atoms with van der Waals surface area (Å²) in [6, 6.07) is 12.3. The smallest absolute Gasteiger partial charge is 0.261 e. The van der Waals surface area contributed by atoms with Crippen LogP contribution < -0.4 is 5.32 Å². The van der Waals surface area contributed by atoms with E-state index in [2.05, 4.69) is 15.3 Å². The van der Waals surface area contributed by atoms with Gasteiger partial charge in [-0.3, -0.25) is 4.79 Å². The van der Waals surface area contributed by atoms with Crippen molar-refractivity contribution in [2.75, 3.05) is 0 Å². The first-order valence-corrected chi connectivity index (χ1v) is 7.89. The summed E-state index contributed by atoms with van der Waals surface area (Å²) in [5, 5.41) is 12.3. The highest BCUT2D eigenvalue weighted by Crippen LogP contribution is 2.26. The third kappa shape index (κ3) is 3.73. The molecule has 116 valence electrons. The van der Waals surface area contributed by atoms with Crippen LogP contribution in [0.2, 0.25) is 0 Å². The van der Waals surface area contributed by atoms with Crippen molar-refractivity contribution in [3.8, 4) is 16.3 Å². The third-order valence-electron chi connectivity index (χ3n) is 3.22. The molecule has 0 atom stereocenters. The monoisotopic (exact) mass is 325 g/mol. The van der Waals surface area contributed by atoms with E-state index in [0.29, 0.717) is 17.2 Å². The Balaban J connectivity index is 1.69. The van der Waals surface area contributed by atoms with Crippen LogP contribution in [0.3, 0.4) is 0 Å². The molecule has 0 fully saturated rings. The summed E-state index contributed by atoms with van der Waals surface area (Å²) in [5.74, 6) is 0.746. The number of thiophene rings is 1. The summed E-state index contributed by atoms with van der Waals surface area (Å²) in [7, 11) is 0. The Bertz CT molecular complexity index is 845. The summed E-state index contributed by atoms with van der Waals surface area (Å²) < 4.78 is 0. The normalized spacial score (nSPS) is 10.5. The first-order valence-electron chi connectivity index (χ1n) is 7.08. The number of rotatable bonds is 4. The second-order valence-electron chi connectivity index (χ2n) is 5.01. The van der Waals surface area contributed by atoms with Crippen molar-refractivity contribution in [3.05, 3.63) is 64.9 Å². The lowest BCUT2D eigenvalue weighted by Gasteiger charge is -2.04.